The van der Waals surface area contributed by atoms with Crippen molar-refractivity contribution < 1.29 is 22.7 Å². The number of carboxylic acid groups (broad SMARTS) is 1. The SMILES string of the molecule is CC(C)=CCC/C(C)=C/CC/C(C)=C/CSC[C@H](NS(=O)(=O)c1ccc(Cl)cc1F)C(=O)O. The van der Waals surface area contributed by atoms with Crippen molar-refractivity contribution in [1.29, 1.82) is 0 Å². The van der Waals surface area contributed by atoms with Gasteiger partial charge in [-0.15, -0.1) is 0 Å². The molecule has 5 nitrogen and oxygen atoms in total. The van der Waals surface area contributed by atoms with Gasteiger partial charge in [0.05, 0.1) is 0 Å². The van der Waals surface area contributed by atoms with Gasteiger partial charge < -0.3 is 5.11 Å². The summed E-state index contributed by atoms with van der Waals surface area (Å²) in [4.78, 5) is 10.9. The molecule has 0 fully saturated rings. The molecule has 0 aliphatic rings. The highest BCUT2D eigenvalue weighted by Gasteiger charge is 2.27. The van der Waals surface area contributed by atoms with Crippen LogP contribution in [-0.4, -0.2) is 37.0 Å². The summed E-state index contributed by atoms with van der Waals surface area (Å²) in [5.74, 6) is -1.80. The molecule has 0 aromatic heterocycles. The largest absolute Gasteiger partial charge is 0.480 e. The monoisotopic (exact) mass is 517 g/mol. The van der Waals surface area contributed by atoms with Crippen LogP contribution in [0, 0.1) is 5.82 Å². The van der Waals surface area contributed by atoms with E-state index in [1.54, 1.807) is 0 Å². The average molecular weight is 518 g/mol. The molecule has 184 valence electrons. The Morgan fingerprint density at radius 1 is 1.12 bits per heavy atom. The highest BCUT2D eigenvalue weighted by Crippen LogP contribution is 2.20. The van der Waals surface area contributed by atoms with E-state index in [-0.39, 0.29) is 10.8 Å². The molecule has 0 unspecified atom stereocenters. The fourth-order valence-electron chi connectivity index (χ4n) is 2.83. The fourth-order valence-corrected chi connectivity index (χ4v) is 5.34. The molecule has 0 aliphatic heterocycles. The van der Waals surface area contributed by atoms with Crippen molar-refractivity contribution >= 4 is 39.4 Å². The molecule has 1 aromatic rings. The molecule has 0 aliphatic carbocycles. The van der Waals surface area contributed by atoms with Crippen LogP contribution in [-0.2, 0) is 14.8 Å². The van der Waals surface area contributed by atoms with Crippen molar-refractivity contribution in [1.82, 2.24) is 4.72 Å². The Labute approximate surface area is 206 Å². The first-order valence-corrected chi connectivity index (χ1v) is 13.7. The van der Waals surface area contributed by atoms with Gasteiger partial charge in [0.1, 0.15) is 16.8 Å². The van der Waals surface area contributed by atoms with Crippen molar-refractivity contribution in [2.45, 2.75) is 64.3 Å². The summed E-state index contributed by atoms with van der Waals surface area (Å²) in [5.41, 5.74) is 3.88. The maximum atomic E-state index is 14.0. The summed E-state index contributed by atoms with van der Waals surface area (Å²) in [6.07, 6.45) is 10.4. The molecular formula is C24H33ClFNO4S2. The predicted molar refractivity (Wildman–Crippen MR) is 136 cm³/mol. The van der Waals surface area contributed by atoms with Crippen molar-refractivity contribution in [2.24, 2.45) is 0 Å². The molecule has 0 saturated heterocycles. The van der Waals surface area contributed by atoms with Crippen LogP contribution < -0.4 is 4.72 Å². The minimum Gasteiger partial charge on any atom is -0.480 e. The predicted octanol–water partition coefficient (Wildman–Crippen LogP) is 6.36. The molecule has 0 heterocycles. The molecule has 1 atom stereocenters. The lowest BCUT2D eigenvalue weighted by atomic mass is 10.1. The third-order valence-corrected chi connectivity index (χ3v) is 7.45. The minimum absolute atomic E-state index is 0.0108. The number of rotatable bonds is 14. The highest BCUT2D eigenvalue weighted by molar-refractivity contribution is 7.99. The van der Waals surface area contributed by atoms with E-state index in [0.29, 0.717) is 5.75 Å². The minimum atomic E-state index is -4.34. The molecule has 0 saturated carbocycles. The van der Waals surface area contributed by atoms with Gasteiger partial charge in [0, 0.05) is 16.5 Å². The van der Waals surface area contributed by atoms with Gasteiger partial charge in [-0.05, 0) is 71.6 Å². The lowest BCUT2D eigenvalue weighted by molar-refractivity contribution is -0.138. The van der Waals surface area contributed by atoms with Crippen molar-refractivity contribution in [3.8, 4) is 0 Å². The van der Waals surface area contributed by atoms with Crippen LogP contribution >= 0.6 is 23.4 Å². The number of allylic oxidation sites excluding steroid dienone is 5. The quantitative estimate of drug-likeness (QED) is 0.221. The van der Waals surface area contributed by atoms with Crippen molar-refractivity contribution in [3.63, 3.8) is 0 Å². The topological polar surface area (TPSA) is 83.5 Å². The van der Waals surface area contributed by atoms with E-state index in [1.807, 2.05) is 13.0 Å². The van der Waals surface area contributed by atoms with Crippen LogP contribution in [0.3, 0.4) is 0 Å². The summed E-state index contributed by atoms with van der Waals surface area (Å²) in [7, 11) is -4.34. The summed E-state index contributed by atoms with van der Waals surface area (Å²) in [6, 6.07) is 1.73. The molecule has 9 heteroatoms. The number of hydrogen-bond donors (Lipinski definition) is 2. The number of carboxylic acids is 1. The molecule has 33 heavy (non-hydrogen) atoms. The zero-order chi connectivity index (χ0) is 25.0. The Morgan fingerprint density at radius 2 is 1.73 bits per heavy atom. The molecule has 1 aromatic carbocycles. The molecule has 1 rings (SSSR count). The van der Waals surface area contributed by atoms with E-state index in [4.69, 9.17) is 11.6 Å². The van der Waals surface area contributed by atoms with Gasteiger partial charge in [-0.25, -0.2) is 12.8 Å². The number of nitrogens with one attached hydrogen (secondary N) is 1. The van der Waals surface area contributed by atoms with E-state index in [1.165, 1.54) is 34.5 Å². The van der Waals surface area contributed by atoms with Crippen LogP contribution in [0.15, 0.2) is 58.0 Å². The normalized spacial score (nSPS) is 13.6. The second kappa shape index (κ2) is 14.6. The van der Waals surface area contributed by atoms with E-state index in [0.717, 1.165) is 37.8 Å². The Kier molecular flexibility index (Phi) is 13.0. The first-order valence-electron chi connectivity index (χ1n) is 10.6. The van der Waals surface area contributed by atoms with E-state index < -0.39 is 32.7 Å². The van der Waals surface area contributed by atoms with Gasteiger partial charge in [0.25, 0.3) is 0 Å². The maximum absolute atomic E-state index is 14.0. The number of benzene rings is 1. The average Bonchev–Trinajstić information content (AvgIpc) is 2.69. The molecule has 2 N–H and O–H groups in total. The summed E-state index contributed by atoms with van der Waals surface area (Å²) in [6.45, 7) is 8.35. The lowest BCUT2D eigenvalue weighted by Crippen LogP contribution is -2.42. The molecular weight excluding hydrogens is 485 g/mol. The Bertz CT molecular complexity index is 1000. The summed E-state index contributed by atoms with van der Waals surface area (Å²) >= 11 is 6.94. The maximum Gasteiger partial charge on any atom is 0.322 e. The fraction of sp³-hybridized carbons (Fsp3) is 0.458. The van der Waals surface area contributed by atoms with Gasteiger partial charge >= 0.3 is 5.97 Å². The van der Waals surface area contributed by atoms with Crippen molar-refractivity contribution in [3.05, 3.63) is 64.0 Å². The van der Waals surface area contributed by atoms with Gasteiger partial charge in [-0.1, -0.05) is 46.5 Å². The Balaban J connectivity index is 2.54. The zero-order valence-electron chi connectivity index (χ0n) is 19.5. The van der Waals surface area contributed by atoms with Crippen LogP contribution in [0.4, 0.5) is 4.39 Å². The van der Waals surface area contributed by atoms with Crippen molar-refractivity contribution in [2.75, 3.05) is 11.5 Å². The van der Waals surface area contributed by atoms with E-state index in [9.17, 15) is 22.7 Å². The Hall–Kier alpha value is -1.61. The van der Waals surface area contributed by atoms with Gasteiger partial charge in [-0.3, -0.25) is 4.79 Å². The van der Waals surface area contributed by atoms with Gasteiger partial charge in [0.2, 0.25) is 10.0 Å². The number of sulfonamides is 1. The number of halogens is 2. The third kappa shape index (κ3) is 11.9. The summed E-state index contributed by atoms with van der Waals surface area (Å²) < 4.78 is 40.8. The standard InChI is InChI=1S/C24H33ClFNO4S2/c1-17(2)7-5-8-18(3)9-6-10-19(4)13-14-32-16-22(24(28)29)27-33(30,31)23-12-11-20(25)15-21(23)26/h7,9,11-13,15,22,27H,5-6,8,10,14,16H2,1-4H3,(H,28,29)/b18-9+,19-13+/t22-/m0/s1. The van der Waals surface area contributed by atoms with Crippen LogP contribution in [0.1, 0.15) is 53.4 Å². The zero-order valence-corrected chi connectivity index (χ0v) is 21.9. The van der Waals surface area contributed by atoms with Crippen LogP contribution in [0.5, 0.6) is 0 Å². The number of carbonyl (C=O) groups is 1. The smallest absolute Gasteiger partial charge is 0.322 e. The summed E-state index contributed by atoms with van der Waals surface area (Å²) in [5, 5.41) is 9.43. The molecule has 0 bridgehead atoms. The highest BCUT2D eigenvalue weighted by atomic mass is 35.5. The Morgan fingerprint density at radius 3 is 2.30 bits per heavy atom. The van der Waals surface area contributed by atoms with E-state index in [2.05, 4.69) is 37.6 Å². The van der Waals surface area contributed by atoms with Crippen LogP contribution in [0.2, 0.25) is 5.02 Å². The first kappa shape index (κ1) is 29.4. The molecule has 0 amide bonds. The number of thioether (sulfide) groups is 1. The van der Waals surface area contributed by atoms with E-state index >= 15 is 0 Å². The number of aliphatic carboxylic acids is 1. The third-order valence-electron chi connectivity index (χ3n) is 4.74. The molecule has 0 spiro atoms. The number of hydrogen-bond acceptors (Lipinski definition) is 4. The van der Waals surface area contributed by atoms with Gasteiger partial charge in [-0.2, -0.15) is 16.5 Å². The lowest BCUT2D eigenvalue weighted by Gasteiger charge is -2.15. The second-order valence-electron chi connectivity index (χ2n) is 8.08. The molecule has 0 radical (unpaired) electrons. The van der Waals surface area contributed by atoms with Crippen LogP contribution in [0.25, 0.3) is 0 Å². The first-order chi connectivity index (χ1) is 15.4. The second-order valence-corrected chi connectivity index (χ2v) is 11.3. The van der Waals surface area contributed by atoms with Gasteiger partial charge in [0.15, 0.2) is 0 Å².